The van der Waals surface area contributed by atoms with Gasteiger partial charge in [0.1, 0.15) is 0 Å². The molecule has 0 aliphatic carbocycles. The Morgan fingerprint density at radius 3 is 1.60 bits per heavy atom. The van der Waals surface area contributed by atoms with Crippen LogP contribution in [-0.4, -0.2) is 0 Å². The first-order valence-corrected chi connectivity index (χ1v) is 6.61. The standard InChI is InChI=1S/2C2H5.Zn/c2*1-2;/h2*1H2,2H3;/i;;1-6. The molecule has 0 atom stereocenters. The van der Waals surface area contributed by atoms with Crippen molar-refractivity contribution < 1.29 is 17.1 Å². The maximum absolute atomic E-state index is 2.30. The van der Waals surface area contributed by atoms with Crippen molar-refractivity contribution in [3.8, 4) is 0 Å². The van der Waals surface area contributed by atoms with E-state index in [1.807, 2.05) is 0 Å². The average Bonchev–Trinajstić information content (AvgIpc) is 1.41. The Labute approximate surface area is 41.6 Å². The van der Waals surface area contributed by atoms with Gasteiger partial charge in [-0.1, -0.05) is 0 Å². The summed E-state index contributed by atoms with van der Waals surface area (Å²) in [6.07, 6.45) is 0. The summed E-state index contributed by atoms with van der Waals surface area (Å²) in [4.78, 5) is 0. The summed E-state index contributed by atoms with van der Waals surface area (Å²) in [7, 11) is 0. The second kappa shape index (κ2) is 4.62. The van der Waals surface area contributed by atoms with Crippen LogP contribution in [0, 0.1) is 0 Å². The van der Waals surface area contributed by atoms with Crippen LogP contribution < -0.4 is 0 Å². The van der Waals surface area contributed by atoms with E-state index in [1.54, 1.807) is 0 Å². The first-order chi connectivity index (χ1) is 2.41. The van der Waals surface area contributed by atoms with Crippen LogP contribution in [0.1, 0.15) is 13.8 Å². The van der Waals surface area contributed by atoms with Crippen LogP contribution in [0.2, 0.25) is 10.0 Å². The molecule has 0 aromatic carbocycles. The van der Waals surface area contributed by atoms with Gasteiger partial charge < -0.3 is 0 Å². The molecule has 0 unspecified atom stereocenters. The molecule has 0 bridgehead atoms. The Bertz CT molecular complexity index is 11.1. The summed E-state index contributed by atoms with van der Waals surface area (Å²) in [6.45, 7) is 4.59. The first-order valence-electron chi connectivity index (χ1n) is 2.41. The van der Waals surface area contributed by atoms with Gasteiger partial charge in [-0.3, -0.25) is 0 Å². The Balaban J connectivity index is 2.19. The van der Waals surface area contributed by atoms with Crippen molar-refractivity contribution in [2.24, 2.45) is 0 Å². The molecule has 28 valence electrons. The third kappa shape index (κ3) is 4.62. The fraction of sp³-hybridized carbons (Fsp3) is 1.00. The van der Waals surface area contributed by atoms with Gasteiger partial charge in [-0.05, 0) is 0 Å². The van der Waals surface area contributed by atoms with Crippen LogP contribution >= 0.6 is 0 Å². The predicted octanol–water partition coefficient (Wildman–Crippen LogP) is 1.95. The van der Waals surface area contributed by atoms with Gasteiger partial charge in [0.05, 0.1) is 0 Å². The monoisotopic (exact) mass is 117 g/mol. The minimum atomic E-state index is 0.0972. The Hall–Kier alpha value is 0.623. The van der Waals surface area contributed by atoms with Crippen molar-refractivity contribution in [3.63, 3.8) is 0 Å². The molecule has 0 aliphatic heterocycles. The van der Waals surface area contributed by atoms with E-state index in [0.717, 1.165) is 0 Å². The second-order valence-electron chi connectivity index (χ2n) is 1.35. The predicted molar refractivity (Wildman–Crippen MR) is 21.0 cm³/mol. The van der Waals surface area contributed by atoms with Crippen molar-refractivity contribution in [1.29, 1.82) is 0 Å². The minimum absolute atomic E-state index is 0.0972. The van der Waals surface area contributed by atoms with Gasteiger partial charge in [0.2, 0.25) is 0 Å². The van der Waals surface area contributed by atoms with Crippen molar-refractivity contribution in [2.75, 3.05) is 0 Å². The molecule has 0 saturated heterocycles. The van der Waals surface area contributed by atoms with E-state index in [9.17, 15) is 0 Å². The van der Waals surface area contributed by atoms with Crippen molar-refractivity contribution in [1.82, 2.24) is 0 Å². The van der Waals surface area contributed by atoms with Crippen LogP contribution in [0.15, 0.2) is 0 Å². The molecule has 0 fully saturated rings. The molecule has 0 heterocycles. The van der Waals surface area contributed by atoms with Crippen molar-refractivity contribution in [2.45, 2.75) is 23.9 Å². The van der Waals surface area contributed by atoms with Gasteiger partial charge in [-0.15, -0.1) is 0 Å². The number of hydrogen-bond donors (Lipinski definition) is 0. The molecule has 5 heavy (non-hydrogen) atoms. The summed E-state index contributed by atoms with van der Waals surface area (Å²) in [5, 5.41) is 3.06. The van der Waals surface area contributed by atoms with Gasteiger partial charge in [-0.2, -0.15) is 0 Å². The fourth-order valence-electron chi connectivity index (χ4n) is 0.354. The molecule has 1 heteroatoms. The molecule has 0 aliphatic rings. The van der Waals surface area contributed by atoms with Gasteiger partial charge in [0.15, 0.2) is 0 Å². The van der Waals surface area contributed by atoms with Crippen LogP contribution in [0.25, 0.3) is 0 Å². The van der Waals surface area contributed by atoms with Gasteiger partial charge in [0, 0.05) is 0 Å². The summed E-state index contributed by atoms with van der Waals surface area (Å²) in [5.74, 6) is 0. The summed E-state index contributed by atoms with van der Waals surface area (Å²) >= 11 is 0.0972. The Kier molecular flexibility index (Phi) is 5.20. The van der Waals surface area contributed by atoms with E-state index in [4.69, 9.17) is 0 Å². The third-order valence-corrected chi connectivity index (χ3v) is 3.67. The number of hydrogen-bond acceptors (Lipinski definition) is 0. The molecular formula is C4H10Zn. The molecule has 0 rings (SSSR count). The van der Waals surface area contributed by atoms with E-state index in [0.29, 0.717) is 0 Å². The molecule has 0 spiro atoms. The van der Waals surface area contributed by atoms with Crippen molar-refractivity contribution in [3.05, 3.63) is 0 Å². The Morgan fingerprint density at radius 2 is 1.60 bits per heavy atom. The van der Waals surface area contributed by atoms with E-state index in [1.165, 1.54) is 10.0 Å². The third-order valence-electron chi connectivity index (χ3n) is 0.707. The number of rotatable bonds is 2. The van der Waals surface area contributed by atoms with Gasteiger partial charge in [-0.25, -0.2) is 0 Å². The van der Waals surface area contributed by atoms with E-state index in [2.05, 4.69) is 13.8 Å². The first kappa shape index (κ1) is 5.62. The normalized spacial score (nSPS) is 6.80. The van der Waals surface area contributed by atoms with Crippen LogP contribution in [0.3, 0.4) is 0 Å². The molecule has 0 saturated carbocycles. The van der Waals surface area contributed by atoms with E-state index >= 15 is 0 Å². The summed E-state index contributed by atoms with van der Waals surface area (Å²) in [6, 6.07) is 0. The maximum atomic E-state index is 2.30. The summed E-state index contributed by atoms with van der Waals surface area (Å²) in [5.41, 5.74) is 0. The average molecular weight is 117 g/mol. The second-order valence-corrected chi connectivity index (χ2v) is 7.03. The van der Waals surface area contributed by atoms with Gasteiger partial charge in [0.25, 0.3) is 0 Å². The van der Waals surface area contributed by atoms with Gasteiger partial charge >= 0.3 is 41.0 Å². The van der Waals surface area contributed by atoms with E-state index < -0.39 is 0 Å². The molecule has 0 nitrogen and oxygen atoms in total. The fourth-order valence-corrected chi connectivity index (χ4v) is 1.84. The molecule has 0 amide bonds. The van der Waals surface area contributed by atoms with Crippen LogP contribution in [0.5, 0.6) is 0 Å². The molecule has 0 radical (unpaired) electrons. The van der Waals surface area contributed by atoms with Crippen LogP contribution in [-0.2, 0) is 17.1 Å². The molecular weight excluding hydrogens is 107 g/mol. The Morgan fingerprint density at radius 1 is 1.20 bits per heavy atom. The molecule has 0 aromatic heterocycles. The summed E-state index contributed by atoms with van der Waals surface area (Å²) < 4.78 is 0. The zero-order valence-corrected chi connectivity index (χ0v) is 7.09. The topological polar surface area (TPSA) is 0 Å². The zero-order chi connectivity index (χ0) is 4.12. The quantitative estimate of drug-likeness (QED) is 0.485. The van der Waals surface area contributed by atoms with E-state index in [-0.39, 0.29) is 17.1 Å². The van der Waals surface area contributed by atoms with Crippen molar-refractivity contribution >= 4 is 0 Å². The van der Waals surface area contributed by atoms with Crippen LogP contribution in [0.4, 0.5) is 0 Å². The zero-order valence-electron chi connectivity index (χ0n) is 4.12. The molecule has 0 N–H and O–H groups in total. The SMILES string of the molecule is C[CH2][59Zn][CH2]C. The molecule has 0 aromatic rings.